The molecule has 26 heavy (non-hydrogen) atoms. The minimum atomic E-state index is -0.253. The van der Waals surface area contributed by atoms with E-state index in [9.17, 15) is 9.90 Å². The predicted octanol–water partition coefficient (Wildman–Crippen LogP) is 3.75. The summed E-state index contributed by atoms with van der Waals surface area (Å²) in [4.78, 5) is 16.8. The Labute approximate surface area is 150 Å². The average molecular weight is 343 g/mol. The molecule has 2 aromatic carbocycles. The summed E-state index contributed by atoms with van der Waals surface area (Å²) in [6, 6.07) is 20.8. The fraction of sp³-hybridized carbons (Fsp3) is 0.0476. The van der Waals surface area contributed by atoms with Gasteiger partial charge in [0.2, 0.25) is 0 Å². The molecule has 0 atom stereocenters. The highest BCUT2D eigenvalue weighted by molar-refractivity contribution is 6.03. The summed E-state index contributed by atoms with van der Waals surface area (Å²) in [6.45, 7) is -0.0249. The molecule has 1 amide bonds. The molecule has 2 aromatic heterocycles. The maximum atomic E-state index is 12.4. The predicted molar refractivity (Wildman–Crippen MR) is 101 cm³/mol. The van der Waals surface area contributed by atoms with Crippen LogP contribution in [0.3, 0.4) is 0 Å². The zero-order chi connectivity index (χ0) is 17.9. The van der Waals surface area contributed by atoms with E-state index in [1.807, 2.05) is 77.3 Å². The number of nitrogens with zero attached hydrogens (tertiary/aromatic N) is 2. The van der Waals surface area contributed by atoms with Crippen molar-refractivity contribution in [3.05, 3.63) is 90.4 Å². The van der Waals surface area contributed by atoms with Gasteiger partial charge in [-0.15, -0.1) is 0 Å². The first-order chi connectivity index (χ1) is 12.7. The third-order valence-corrected chi connectivity index (χ3v) is 4.21. The van der Waals surface area contributed by atoms with Gasteiger partial charge in [-0.25, -0.2) is 4.98 Å². The molecule has 0 aliphatic carbocycles. The molecule has 128 valence electrons. The molecule has 0 spiro atoms. The van der Waals surface area contributed by atoms with Gasteiger partial charge in [-0.2, -0.15) is 0 Å². The van der Waals surface area contributed by atoms with Crippen LogP contribution >= 0.6 is 0 Å². The molecule has 4 rings (SSSR count). The number of aromatic nitrogens is 2. The molecule has 4 aromatic rings. The van der Waals surface area contributed by atoms with Gasteiger partial charge in [0.05, 0.1) is 6.61 Å². The summed E-state index contributed by atoms with van der Waals surface area (Å²) < 4.78 is 1.82. The van der Waals surface area contributed by atoms with Crippen molar-refractivity contribution in [1.82, 2.24) is 9.38 Å². The molecule has 2 N–H and O–H groups in total. The molecule has 5 nitrogen and oxygen atoms in total. The van der Waals surface area contributed by atoms with E-state index in [2.05, 4.69) is 10.3 Å². The van der Waals surface area contributed by atoms with Crippen molar-refractivity contribution in [3.63, 3.8) is 0 Å². The Hall–Kier alpha value is -3.44. The Morgan fingerprint density at radius 3 is 2.54 bits per heavy atom. The van der Waals surface area contributed by atoms with E-state index in [1.54, 1.807) is 6.20 Å². The van der Waals surface area contributed by atoms with Crippen LogP contribution in [-0.4, -0.2) is 20.4 Å². The molecule has 0 bridgehead atoms. The molecule has 0 radical (unpaired) electrons. The average Bonchev–Trinajstić information content (AvgIpc) is 3.12. The number of para-hydroxylation sites is 1. The van der Waals surface area contributed by atoms with Gasteiger partial charge < -0.3 is 14.8 Å². The topological polar surface area (TPSA) is 66.6 Å². The van der Waals surface area contributed by atoms with Crippen LogP contribution in [0.15, 0.2) is 79.1 Å². The monoisotopic (exact) mass is 343 g/mol. The summed E-state index contributed by atoms with van der Waals surface area (Å²) in [6.07, 6.45) is 3.62. The SMILES string of the molecule is O=C(Nc1ccccc1)c1cn2cc(-c3ccccc3CO)ccc2n1. The van der Waals surface area contributed by atoms with Crippen molar-refractivity contribution < 1.29 is 9.90 Å². The largest absolute Gasteiger partial charge is 0.392 e. The van der Waals surface area contributed by atoms with E-state index in [0.29, 0.717) is 11.3 Å². The first kappa shape index (κ1) is 16.1. The fourth-order valence-electron chi connectivity index (χ4n) is 2.92. The standard InChI is InChI=1S/C21H17N3O2/c25-14-16-6-4-5-9-18(16)15-10-11-20-23-19(13-24(20)12-15)21(26)22-17-7-2-1-3-8-17/h1-13,25H,14H2,(H,22,26). The lowest BCUT2D eigenvalue weighted by atomic mass is 10.0. The van der Waals surface area contributed by atoms with Crippen molar-refractivity contribution in [2.24, 2.45) is 0 Å². The van der Waals surface area contributed by atoms with Crippen LogP contribution in [0, 0.1) is 0 Å². The zero-order valence-electron chi connectivity index (χ0n) is 14.0. The highest BCUT2D eigenvalue weighted by atomic mass is 16.3. The molecular formula is C21H17N3O2. The van der Waals surface area contributed by atoms with Crippen molar-refractivity contribution >= 4 is 17.2 Å². The second-order valence-corrected chi connectivity index (χ2v) is 5.94. The number of aliphatic hydroxyl groups is 1. The van der Waals surface area contributed by atoms with Gasteiger partial charge in [-0.1, -0.05) is 42.5 Å². The van der Waals surface area contributed by atoms with Crippen molar-refractivity contribution in [2.75, 3.05) is 5.32 Å². The van der Waals surface area contributed by atoms with E-state index in [4.69, 9.17) is 0 Å². The number of amides is 1. The normalized spacial score (nSPS) is 10.8. The number of carbonyl (C=O) groups is 1. The van der Waals surface area contributed by atoms with E-state index in [0.717, 1.165) is 22.4 Å². The third kappa shape index (κ3) is 3.08. The Morgan fingerprint density at radius 1 is 0.962 bits per heavy atom. The maximum absolute atomic E-state index is 12.4. The molecule has 0 fully saturated rings. The zero-order valence-corrected chi connectivity index (χ0v) is 14.0. The summed E-state index contributed by atoms with van der Waals surface area (Å²) in [5, 5.41) is 12.4. The molecule has 0 saturated heterocycles. The Kier molecular flexibility index (Phi) is 4.21. The molecule has 0 aliphatic heterocycles. The highest BCUT2D eigenvalue weighted by Crippen LogP contribution is 2.24. The van der Waals surface area contributed by atoms with Gasteiger partial charge in [0.25, 0.3) is 5.91 Å². The summed E-state index contributed by atoms with van der Waals surface area (Å²) >= 11 is 0. The number of aliphatic hydroxyl groups excluding tert-OH is 1. The number of hydrogen-bond donors (Lipinski definition) is 2. The number of pyridine rings is 1. The Balaban J connectivity index is 1.67. The molecule has 5 heteroatoms. The highest BCUT2D eigenvalue weighted by Gasteiger charge is 2.12. The summed E-state index contributed by atoms with van der Waals surface area (Å²) in [5.74, 6) is -0.253. The van der Waals surface area contributed by atoms with Crippen LogP contribution < -0.4 is 5.32 Å². The minimum Gasteiger partial charge on any atom is -0.392 e. The molecule has 0 unspecified atom stereocenters. The minimum absolute atomic E-state index is 0.0249. The molecule has 0 saturated carbocycles. The van der Waals surface area contributed by atoms with Crippen molar-refractivity contribution in [2.45, 2.75) is 6.61 Å². The van der Waals surface area contributed by atoms with Crippen LogP contribution in [0.1, 0.15) is 16.1 Å². The smallest absolute Gasteiger partial charge is 0.275 e. The van der Waals surface area contributed by atoms with E-state index < -0.39 is 0 Å². The number of carbonyl (C=O) groups excluding carboxylic acids is 1. The summed E-state index contributed by atoms with van der Waals surface area (Å²) in [5.41, 5.74) is 4.53. The van der Waals surface area contributed by atoms with Gasteiger partial charge in [-0.05, 0) is 41.0 Å². The van der Waals surface area contributed by atoms with Crippen LogP contribution in [0.25, 0.3) is 16.8 Å². The molecule has 2 heterocycles. The van der Waals surface area contributed by atoms with Gasteiger partial charge in [-0.3, -0.25) is 4.79 Å². The van der Waals surface area contributed by atoms with Gasteiger partial charge in [0, 0.05) is 18.1 Å². The van der Waals surface area contributed by atoms with Crippen LogP contribution in [0.5, 0.6) is 0 Å². The Morgan fingerprint density at radius 2 is 1.73 bits per heavy atom. The van der Waals surface area contributed by atoms with Crippen LogP contribution in [0.4, 0.5) is 5.69 Å². The van der Waals surface area contributed by atoms with E-state index >= 15 is 0 Å². The Bertz CT molecular complexity index is 1070. The van der Waals surface area contributed by atoms with E-state index in [1.165, 1.54) is 0 Å². The van der Waals surface area contributed by atoms with Gasteiger partial charge in [0.1, 0.15) is 11.3 Å². The lowest BCUT2D eigenvalue weighted by Crippen LogP contribution is -2.11. The number of rotatable bonds is 4. The molecule has 0 aliphatic rings. The second kappa shape index (κ2) is 6.82. The lowest BCUT2D eigenvalue weighted by Gasteiger charge is -2.07. The number of hydrogen-bond acceptors (Lipinski definition) is 3. The quantitative estimate of drug-likeness (QED) is 0.593. The lowest BCUT2D eigenvalue weighted by molar-refractivity contribution is 0.102. The van der Waals surface area contributed by atoms with Crippen molar-refractivity contribution in [3.8, 4) is 11.1 Å². The fourth-order valence-corrected chi connectivity index (χ4v) is 2.92. The third-order valence-electron chi connectivity index (χ3n) is 4.21. The van der Waals surface area contributed by atoms with Crippen molar-refractivity contribution in [1.29, 1.82) is 0 Å². The van der Waals surface area contributed by atoms with Gasteiger partial charge >= 0.3 is 0 Å². The molecular weight excluding hydrogens is 326 g/mol. The van der Waals surface area contributed by atoms with E-state index in [-0.39, 0.29) is 12.5 Å². The first-order valence-corrected chi connectivity index (χ1v) is 8.29. The number of anilines is 1. The van der Waals surface area contributed by atoms with Gasteiger partial charge in [0.15, 0.2) is 0 Å². The first-order valence-electron chi connectivity index (χ1n) is 8.29. The second-order valence-electron chi connectivity index (χ2n) is 5.94. The number of benzene rings is 2. The maximum Gasteiger partial charge on any atom is 0.275 e. The number of fused-ring (bicyclic) bond motifs is 1. The van der Waals surface area contributed by atoms with Crippen LogP contribution in [0.2, 0.25) is 0 Å². The van der Waals surface area contributed by atoms with Crippen LogP contribution in [-0.2, 0) is 6.61 Å². The number of imidazole rings is 1. The number of nitrogens with one attached hydrogen (secondary N) is 1. The summed E-state index contributed by atoms with van der Waals surface area (Å²) in [7, 11) is 0.